The van der Waals surface area contributed by atoms with Crippen LogP contribution in [0.2, 0.25) is 0 Å². The van der Waals surface area contributed by atoms with Crippen molar-refractivity contribution in [2.24, 2.45) is 0 Å². The van der Waals surface area contributed by atoms with Crippen LogP contribution in [0.5, 0.6) is 0 Å². The molecule has 1 aliphatic rings. The molecule has 0 radical (unpaired) electrons. The molecule has 0 heterocycles. The third kappa shape index (κ3) is 19.2. The fraction of sp³-hybridized carbons (Fsp3) is 0.429. The van der Waals surface area contributed by atoms with Crippen LogP contribution in [0.1, 0.15) is 29.2 Å². The second kappa shape index (κ2) is 23.0. The zero-order valence-corrected chi connectivity index (χ0v) is 18.8. The maximum absolute atomic E-state index is 3.56. The molecule has 25 heavy (non-hydrogen) atoms. The summed E-state index contributed by atoms with van der Waals surface area (Å²) in [5.74, 6) is 0. The molecule has 1 unspecified atom stereocenters. The van der Waals surface area contributed by atoms with E-state index >= 15 is 0 Å². The third-order valence-corrected chi connectivity index (χ3v) is 3.36. The number of hydrogen-bond acceptors (Lipinski definition) is 0. The Bertz CT molecular complexity index is 463. The van der Waals surface area contributed by atoms with Gasteiger partial charge in [0, 0.05) is 0 Å². The van der Waals surface area contributed by atoms with Gasteiger partial charge in [-0.25, -0.2) is 0 Å². The molecule has 1 aliphatic carbocycles. The molecular formula is C21H35N3Ti. The molecule has 0 N–H and O–H groups in total. The van der Waals surface area contributed by atoms with Crippen LogP contribution in [0.4, 0.5) is 0 Å². The van der Waals surface area contributed by atoms with Gasteiger partial charge in [0.1, 0.15) is 0 Å². The molecule has 0 spiro atoms. The SMILES string of the molecule is C=CC(C)=CC.C[N-]C.C[N-]C.C[N-]C.[Ti+3][CH]1C=Cc2ccccc21. The summed E-state index contributed by atoms with van der Waals surface area (Å²) in [4.78, 5) is 0. The van der Waals surface area contributed by atoms with Crippen LogP contribution in [0.15, 0.2) is 54.6 Å². The average molecular weight is 377 g/mol. The first-order valence-corrected chi connectivity index (χ1v) is 9.01. The Balaban J connectivity index is -0.000000279. The summed E-state index contributed by atoms with van der Waals surface area (Å²) in [7, 11) is 10.5. The molecule has 0 aliphatic heterocycles. The molecule has 0 amide bonds. The molecule has 1 atom stereocenters. The number of rotatable bonds is 1. The van der Waals surface area contributed by atoms with Crippen molar-refractivity contribution in [3.63, 3.8) is 0 Å². The number of benzene rings is 1. The van der Waals surface area contributed by atoms with Crippen LogP contribution in [-0.2, 0) is 20.4 Å². The van der Waals surface area contributed by atoms with Gasteiger partial charge in [0.2, 0.25) is 0 Å². The predicted molar refractivity (Wildman–Crippen MR) is 113 cm³/mol. The van der Waals surface area contributed by atoms with Gasteiger partial charge in [-0.2, -0.15) is 42.3 Å². The molecular weight excluding hydrogens is 342 g/mol. The van der Waals surface area contributed by atoms with Gasteiger partial charge in [0.05, 0.1) is 0 Å². The van der Waals surface area contributed by atoms with Crippen molar-refractivity contribution >= 4 is 6.08 Å². The second-order valence-electron chi connectivity index (χ2n) is 5.04. The van der Waals surface area contributed by atoms with Gasteiger partial charge in [-0.1, -0.05) is 24.3 Å². The first-order chi connectivity index (χ1) is 11.9. The van der Waals surface area contributed by atoms with Crippen molar-refractivity contribution in [3.8, 4) is 0 Å². The van der Waals surface area contributed by atoms with E-state index in [1.807, 2.05) is 26.0 Å². The topological polar surface area (TPSA) is 42.3 Å². The van der Waals surface area contributed by atoms with Gasteiger partial charge in [-0.3, -0.25) is 0 Å². The maximum atomic E-state index is 3.56. The molecule has 2 rings (SSSR count). The number of fused-ring (bicyclic) bond motifs is 1. The summed E-state index contributed by atoms with van der Waals surface area (Å²) in [6.45, 7) is 7.58. The first kappa shape index (κ1) is 28.8. The van der Waals surface area contributed by atoms with Gasteiger partial charge in [0.15, 0.2) is 0 Å². The summed E-state index contributed by atoms with van der Waals surface area (Å²) >= 11 is 2.22. The summed E-state index contributed by atoms with van der Waals surface area (Å²) < 4.78 is 0.621. The molecule has 0 bridgehead atoms. The van der Waals surface area contributed by atoms with Crippen molar-refractivity contribution < 1.29 is 20.4 Å². The van der Waals surface area contributed by atoms with Crippen LogP contribution in [-0.4, -0.2) is 42.3 Å². The van der Waals surface area contributed by atoms with E-state index in [-0.39, 0.29) is 0 Å². The minimum absolute atomic E-state index is 0.621. The molecule has 3 nitrogen and oxygen atoms in total. The summed E-state index contributed by atoms with van der Waals surface area (Å²) in [5, 5.41) is 10.5. The van der Waals surface area contributed by atoms with E-state index in [1.54, 1.807) is 42.3 Å². The van der Waals surface area contributed by atoms with Gasteiger partial charge in [-0.05, 0) is 13.8 Å². The normalized spacial score (nSPS) is 13.4. The number of nitrogens with zero attached hydrogens (tertiary/aromatic N) is 3. The molecule has 1 aromatic rings. The molecule has 0 aromatic heterocycles. The number of allylic oxidation sites excluding steroid dienone is 4. The second-order valence-corrected chi connectivity index (χ2v) is 6.02. The first-order valence-electron chi connectivity index (χ1n) is 8.11. The van der Waals surface area contributed by atoms with E-state index < -0.39 is 0 Å². The summed E-state index contributed by atoms with van der Waals surface area (Å²) in [6, 6.07) is 8.54. The van der Waals surface area contributed by atoms with Crippen LogP contribution in [0, 0.1) is 0 Å². The van der Waals surface area contributed by atoms with Gasteiger partial charge < -0.3 is 16.0 Å². The third-order valence-electron chi connectivity index (χ3n) is 2.58. The quantitative estimate of drug-likeness (QED) is 0.407. The molecule has 4 heteroatoms. The average Bonchev–Trinajstić information content (AvgIpc) is 2.98. The van der Waals surface area contributed by atoms with Crippen molar-refractivity contribution in [2.75, 3.05) is 42.3 Å². The molecule has 0 saturated carbocycles. The summed E-state index contributed by atoms with van der Waals surface area (Å²) in [5.41, 5.74) is 4.08. The van der Waals surface area contributed by atoms with Crippen molar-refractivity contribution in [1.82, 2.24) is 0 Å². The zero-order chi connectivity index (χ0) is 20.1. The van der Waals surface area contributed by atoms with E-state index in [0.717, 1.165) is 0 Å². The monoisotopic (exact) mass is 377 g/mol. The van der Waals surface area contributed by atoms with Crippen LogP contribution < -0.4 is 0 Å². The van der Waals surface area contributed by atoms with E-state index in [0.29, 0.717) is 4.22 Å². The Labute approximate surface area is 168 Å². The van der Waals surface area contributed by atoms with Crippen molar-refractivity contribution in [3.05, 3.63) is 81.7 Å². The molecule has 1 aromatic carbocycles. The van der Waals surface area contributed by atoms with E-state index in [1.165, 1.54) is 16.7 Å². The molecule has 138 valence electrons. The van der Waals surface area contributed by atoms with Gasteiger partial charge >= 0.3 is 72.2 Å². The van der Waals surface area contributed by atoms with Crippen LogP contribution in [0.3, 0.4) is 0 Å². The number of hydrogen-bond donors (Lipinski definition) is 0. The van der Waals surface area contributed by atoms with Crippen molar-refractivity contribution in [2.45, 2.75) is 18.1 Å². The van der Waals surface area contributed by atoms with E-state index in [4.69, 9.17) is 0 Å². The molecule has 0 fully saturated rings. The van der Waals surface area contributed by atoms with Gasteiger partial charge in [-0.15, -0.1) is 0 Å². The fourth-order valence-corrected chi connectivity index (χ4v) is 1.93. The molecule has 0 saturated heterocycles. The Morgan fingerprint density at radius 3 is 1.76 bits per heavy atom. The predicted octanol–water partition coefficient (Wildman–Crippen LogP) is 6.30. The summed E-state index contributed by atoms with van der Waals surface area (Å²) in [6.07, 6.45) is 8.29. The standard InChI is InChI=1S/C9H7.C6H10.3C2H6N.Ti/c1-2-5-9-7-3-6-8(9)4-1;1-4-6(3)5-2;3*1-3-2;/h1-7H;4-5H,1H2,2-3H3;3*1-2H3;/q;;3*-1;+3. The van der Waals surface area contributed by atoms with Crippen LogP contribution in [0.25, 0.3) is 22.0 Å². The van der Waals surface area contributed by atoms with E-state index in [9.17, 15) is 0 Å². The Kier molecular flexibility index (Phi) is 26.6. The fourth-order valence-electron chi connectivity index (χ4n) is 1.37. The minimum atomic E-state index is 0.621. The van der Waals surface area contributed by atoms with E-state index in [2.05, 4.69) is 79.4 Å². The van der Waals surface area contributed by atoms with Crippen molar-refractivity contribution in [1.29, 1.82) is 0 Å². The Morgan fingerprint density at radius 2 is 1.44 bits per heavy atom. The van der Waals surface area contributed by atoms with Crippen LogP contribution >= 0.6 is 0 Å². The van der Waals surface area contributed by atoms with Gasteiger partial charge in [0.25, 0.3) is 0 Å². The Morgan fingerprint density at radius 1 is 1.00 bits per heavy atom. The zero-order valence-electron chi connectivity index (χ0n) is 17.2. The Hall–Kier alpha value is -0.966.